The first kappa shape index (κ1) is 10.9. The van der Waals surface area contributed by atoms with E-state index in [1.807, 2.05) is 6.92 Å². The first-order chi connectivity index (χ1) is 6.66. The van der Waals surface area contributed by atoms with Gasteiger partial charge in [-0.05, 0) is 25.8 Å². The lowest BCUT2D eigenvalue weighted by Gasteiger charge is -2.06. The molecule has 14 heavy (non-hydrogen) atoms. The van der Waals surface area contributed by atoms with E-state index < -0.39 is 0 Å². The summed E-state index contributed by atoms with van der Waals surface area (Å²) in [6, 6.07) is 4.61. The highest BCUT2D eigenvalue weighted by atomic mass is 19.1. The lowest BCUT2D eigenvalue weighted by molar-refractivity contribution is 0.101. The Kier molecular flexibility index (Phi) is 3.81. The topological polar surface area (TPSA) is 17.1 Å². The number of ketones is 1. The van der Waals surface area contributed by atoms with E-state index in [0.29, 0.717) is 11.1 Å². The molecule has 0 atom stereocenters. The number of rotatable bonds is 4. The van der Waals surface area contributed by atoms with Crippen LogP contribution in [0.4, 0.5) is 4.39 Å². The van der Waals surface area contributed by atoms with Gasteiger partial charge in [-0.25, -0.2) is 4.39 Å². The van der Waals surface area contributed by atoms with Crippen LogP contribution in [0, 0.1) is 12.2 Å². The molecule has 0 N–H and O–H groups in total. The van der Waals surface area contributed by atoms with Crippen LogP contribution < -0.4 is 0 Å². The zero-order valence-electron chi connectivity index (χ0n) is 8.51. The second-order valence-electron chi connectivity index (χ2n) is 3.25. The lowest BCUT2D eigenvalue weighted by Crippen LogP contribution is -2.01. The first-order valence-corrected chi connectivity index (χ1v) is 4.79. The van der Waals surface area contributed by atoms with Crippen molar-refractivity contribution in [3.8, 4) is 0 Å². The molecule has 75 valence electrons. The normalized spacial score (nSPS) is 10.2. The minimum atomic E-state index is -0.314. The number of halogens is 1. The SMILES string of the molecule is CCC[CH]c1c(F)cccc1C(C)=O. The van der Waals surface area contributed by atoms with Crippen LogP contribution in [-0.4, -0.2) is 5.78 Å². The van der Waals surface area contributed by atoms with Crippen molar-refractivity contribution in [2.24, 2.45) is 0 Å². The molecule has 0 aliphatic carbocycles. The van der Waals surface area contributed by atoms with Crippen molar-refractivity contribution in [3.63, 3.8) is 0 Å². The van der Waals surface area contributed by atoms with Crippen molar-refractivity contribution < 1.29 is 9.18 Å². The number of hydrogen-bond donors (Lipinski definition) is 0. The van der Waals surface area contributed by atoms with Crippen LogP contribution in [0.15, 0.2) is 18.2 Å². The van der Waals surface area contributed by atoms with Crippen molar-refractivity contribution in [3.05, 3.63) is 41.6 Å². The van der Waals surface area contributed by atoms with Crippen LogP contribution in [0.1, 0.15) is 42.6 Å². The van der Waals surface area contributed by atoms with Gasteiger partial charge in [-0.1, -0.05) is 25.5 Å². The Balaban J connectivity index is 3.02. The van der Waals surface area contributed by atoms with Crippen LogP contribution in [0.25, 0.3) is 0 Å². The summed E-state index contributed by atoms with van der Waals surface area (Å²) in [6.45, 7) is 3.48. The van der Waals surface area contributed by atoms with Crippen molar-refractivity contribution >= 4 is 5.78 Å². The minimum absolute atomic E-state index is 0.0909. The molecule has 0 amide bonds. The van der Waals surface area contributed by atoms with Crippen LogP contribution in [-0.2, 0) is 0 Å². The van der Waals surface area contributed by atoms with Crippen molar-refractivity contribution in [2.45, 2.75) is 26.7 Å². The van der Waals surface area contributed by atoms with E-state index in [1.165, 1.54) is 13.0 Å². The third-order valence-electron chi connectivity index (χ3n) is 2.07. The number of unbranched alkanes of at least 4 members (excludes halogenated alkanes) is 1. The summed E-state index contributed by atoms with van der Waals surface area (Å²) in [5.41, 5.74) is 0.917. The maximum absolute atomic E-state index is 13.4. The molecule has 0 unspecified atom stereocenters. The molecule has 0 saturated heterocycles. The van der Waals surface area contributed by atoms with E-state index in [-0.39, 0.29) is 11.6 Å². The van der Waals surface area contributed by atoms with Gasteiger partial charge >= 0.3 is 0 Å². The van der Waals surface area contributed by atoms with Crippen LogP contribution in [0.3, 0.4) is 0 Å². The predicted octanol–water partition coefficient (Wildman–Crippen LogP) is 3.38. The molecule has 1 rings (SSSR count). The van der Waals surface area contributed by atoms with Crippen molar-refractivity contribution in [2.75, 3.05) is 0 Å². The Hall–Kier alpha value is -1.18. The average molecular weight is 193 g/mol. The van der Waals surface area contributed by atoms with E-state index >= 15 is 0 Å². The molecule has 1 aromatic rings. The van der Waals surface area contributed by atoms with E-state index in [0.717, 1.165) is 12.8 Å². The Morgan fingerprint density at radius 2 is 2.21 bits per heavy atom. The van der Waals surface area contributed by atoms with E-state index in [2.05, 4.69) is 0 Å². The Bertz CT molecular complexity index is 331. The van der Waals surface area contributed by atoms with Crippen molar-refractivity contribution in [1.82, 2.24) is 0 Å². The molecule has 0 bridgehead atoms. The predicted molar refractivity (Wildman–Crippen MR) is 54.7 cm³/mol. The second-order valence-corrected chi connectivity index (χ2v) is 3.25. The van der Waals surface area contributed by atoms with Gasteiger partial charge in [-0.15, -0.1) is 0 Å². The van der Waals surface area contributed by atoms with Gasteiger partial charge in [0.2, 0.25) is 0 Å². The highest BCUT2D eigenvalue weighted by Crippen LogP contribution is 2.18. The summed E-state index contributed by atoms with van der Waals surface area (Å²) < 4.78 is 13.4. The van der Waals surface area contributed by atoms with Crippen LogP contribution in [0.2, 0.25) is 0 Å². The average Bonchev–Trinajstić information content (AvgIpc) is 2.15. The summed E-state index contributed by atoms with van der Waals surface area (Å²) in [7, 11) is 0. The molecule has 0 heterocycles. The lowest BCUT2D eigenvalue weighted by atomic mass is 9.99. The summed E-state index contributed by atoms with van der Waals surface area (Å²) >= 11 is 0. The third kappa shape index (κ3) is 2.41. The van der Waals surface area contributed by atoms with E-state index in [9.17, 15) is 9.18 Å². The van der Waals surface area contributed by atoms with Gasteiger partial charge in [0.25, 0.3) is 0 Å². The second kappa shape index (κ2) is 4.89. The monoisotopic (exact) mass is 193 g/mol. The molecule has 1 aromatic carbocycles. The van der Waals surface area contributed by atoms with Gasteiger partial charge in [0.15, 0.2) is 5.78 Å². The third-order valence-corrected chi connectivity index (χ3v) is 2.07. The summed E-state index contributed by atoms with van der Waals surface area (Å²) in [4.78, 5) is 11.2. The van der Waals surface area contributed by atoms with Crippen LogP contribution >= 0.6 is 0 Å². The summed E-state index contributed by atoms with van der Waals surface area (Å²) in [6.07, 6.45) is 3.53. The fourth-order valence-corrected chi connectivity index (χ4v) is 1.34. The molecular weight excluding hydrogens is 179 g/mol. The molecular formula is C12H14FO. The Morgan fingerprint density at radius 1 is 1.50 bits per heavy atom. The standard InChI is InChI=1S/C12H14FO/c1-3-4-6-11-10(9(2)14)7-5-8-12(11)13/h5-8H,3-4H2,1-2H3. The van der Waals surface area contributed by atoms with Gasteiger partial charge in [0.1, 0.15) is 5.82 Å². The highest BCUT2D eigenvalue weighted by Gasteiger charge is 2.10. The number of carbonyl (C=O) groups excluding carboxylic acids is 1. The van der Waals surface area contributed by atoms with E-state index in [4.69, 9.17) is 0 Å². The van der Waals surface area contributed by atoms with Crippen LogP contribution in [0.5, 0.6) is 0 Å². The maximum Gasteiger partial charge on any atom is 0.160 e. The van der Waals surface area contributed by atoms with Gasteiger partial charge in [0, 0.05) is 11.1 Å². The summed E-state index contributed by atoms with van der Waals surface area (Å²) in [5, 5.41) is 0. The molecule has 0 fully saturated rings. The molecule has 0 aromatic heterocycles. The van der Waals surface area contributed by atoms with Gasteiger partial charge in [-0.3, -0.25) is 4.79 Å². The van der Waals surface area contributed by atoms with Crippen molar-refractivity contribution in [1.29, 1.82) is 0 Å². The fraction of sp³-hybridized carbons (Fsp3) is 0.333. The largest absolute Gasteiger partial charge is 0.294 e. The van der Waals surface area contributed by atoms with Gasteiger partial charge in [0.05, 0.1) is 0 Å². The number of hydrogen-bond acceptors (Lipinski definition) is 1. The van der Waals surface area contributed by atoms with E-state index in [1.54, 1.807) is 18.6 Å². The first-order valence-electron chi connectivity index (χ1n) is 4.79. The zero-order chi connectivity index (χ0) is 10.6. The number of benzene rings is 1. The Labute approximate surface area is 83.9 Å². The van der Waals surface area contributed by atoms with Gasteiger partial charge < -0.3 is 0 Å². The molecule has 0 spiro atoms. The smallest absolute Gasteiger partial charge is 0.160 e. The maximum atomic E-state index is 13.4. The molecule has 0 saturated carbocycles. The highest BCUT2D eigenvalue weighted by molar-refractivity contribution is 5.96. The molecule has 2 heteroatoms. The minimum Gasteiger partial charge on any atom is -0.294 e. The Morgan fingerprint density at radius 3 is 2.79 bits per heavy atom. The molecule has 1 nitrogen and oxygen atoms in total. The summed E-state index contributed by atoms with van der Waals surface area (Å²) in [5.74, 6) is -0.405. The fourth-order valence-electron chi connectivity index (χ4n) is 1.34. The number of Topliss-reactive ketones (excluding diaryl/α,β-unsaturated/α-hetero) is 1. The molecule has 1 radical (unpaired) electrons. The molecule has 0 aliphatic heterocycles. The number of carbonyl (C=O) groups is 1. The quantitative estimate of drug-likeness (QED) is 0.670. The molecule has 0 aliphatic rings. The zero-order valence-corrected chi connectivity index (χ0v) is 8.51. The van der Waals surface area contributed by atoms with Gasteiger partial charge in [-0.2, -0.15) is 0 Å².